The summed E-state index contributed by atoms with van der Waals surface area (Å²) in [5, 5.41) is 0. The van der Waals surface area contributed by atoms with Crippen LogP contribution in [-0.2, 0) is 4.74 Å². The van der Waals surface area contributed by atoms with Crippen molar-refractivity contribution in [3.63, 3.8) is 0 Å². The maximum Gasteiger partial charge on any atom is 0.356 e. The Morgan fingerprint density at radius 1 is 1.57 bits per heavy atom. The van der Waals surface area contributed by atoms with Crippen molar-refractivity contribution < 1.29 is 9.53 Å². The third-order valence-corrected chi connectivity index (χ3v) is 1.93. The fourth-order valence-electron chi connectivity index (χ4n) is 1.27. The van der Waals surface area contributed by atoms with Crippen molar-refractivity contribution in [1.82, 2.24) is 9.38 Å². The van der Waals surface area contributed by atoms with Gasteiger partial charge in [-0.15, -0.1) is 0 Å². The van der Waals surface area contributed by atoms with Crippen LogP contribution in [-0.4, -0.2) is 22.5 Å². The monoisotopic (exact) mass is 192 g/mol. The minimum atomic E-state index is -0.558. The van der Waals surface area contributed by atoms with Gasteiger partial charge in [0.15, 0.2) is 0 Å². The first-order valence-corrected chi connectivity index (χ1v) is 4.00. The zero-order chi connectivity index (χ0) is 10.1. The number of nitrogens with zero attached hydrogens (tertiary/aromatic N) is 1. The van der Waals surface area contributed by atoms with Crippen LogP contribution in [0.4, 0.5) is 0 Å². The first-order valence-electron chi connectivity index (χ1n) is 4.00. The Morgan fingerprint density at radius 3 is 3.07 bits per heavy atom. The zero-order valence-corrected chi connectivity index (χ0v) is 7.48. The third kappa shape index (κ3) is 1.19. The summed E-state index contributed by atoms with van der Waals surface area (Å²) in [6.07, 6.45) is 3.21. The molecule has 0 bridgehead atoms. The Balaban J connectivity index is 2.70. The lowest BCUT2D eigenvalue weighted by Gasteiger charge is -2.00. The lowest BCUT2D eigenvalue weighted by molar-refractivity contribution is 0.0593. The highest BCUT2D eigenvalue weighted by molar-refractivity contribution is 5.87. The van der Waals surface area contributed by atoms with Crippen LogP contribution in [0.15, 0.2) is 29.3 Å². The average Bonchev–Trinajstić information content (AvgIpc) is 2.64. The van der Waals surface area contributed by atoms with Crippen LogP contribution in [0, 0.1) is 0 Å². The number of esters is 1. The maximum absolute atomic E-state index is 11.4. The number of nitrogens with one attached hydrogen (secondary N) is 1. The molecule has 0 aliphatic rings. The molecule has 0 unspecified atom stereocenters. The van der Waals surface area contributed by atoms with E-state index >= 15 is 0 Å². The summed E-state index contributed by atoms with van der Waals surface area (Å²) in [5.74, 6) is -0.558. The molecule has 0 saturated carbocycles. The number of carbonyl (C=O) groups excluding carboxylic acids is 1. The molecule has 72 valence electrons. The Hall–Kier alpha value is -2.04. The summed E-state index contributed by atoms with van der Waals surface area (Å²) in [6.45, 7) is 0. The summed E-state index contributed by atoms with van der Waals surface area (Å²) in [5.41, 5.74) is 0.330. The third-order valence-electron chi connectivity index (χ3n) is 1.93. The molecular weight excluding hydrogens is 184 g/mol. The molecule has 0 atom stereocenters. The van der Waals surface area contributed by atoms with E-state index in [0.717, 1.165) is 0 Å². The SMILES string of the molecule is COC(=O)c1cn2cccc2c(=O)[nH]1. The first-order chi connectivity index (χ1) is 6.72. The Morgan fingerprint density at radius 2 is 2.36 bits per heavy atom. The standard InChI is InChI=1S/C9H8N2O3/c1-14-9(13)6-5-11-4-2-3-7(11)8(12)10-6/h2-5H,1H3,(H,10,12). The number of ether oxygens (including phenoxy) is 1. The zero-order valence-electron chi connectivity index (χ0n) is 7.48. The number of rotatable bonds is 1. The molecule has 2 heterocycles. The van der Waals surface area contributed by atoms with Gasteiger partial charge in [-0.1, -0.05) is 0 Å². The smallest absolute Gasteiger partial charge is 0.356 e. The average molecular weight is 192 g/mol. The number of methoxy groups -OCH3 is 1. The van der Waals surface area contributed by atoms with Crippen molar-refractivity contribution >= 4 is 11.5 Å². The van der Waals surface area contributed by atoms with Gasteiger partial charge in [-0.05, 0) is 12.1 Å². The molecule has 5 heteroatoms. The predicted octanol–water partition coefficient (Wildman–Crippen LogP) is 0.414. The number of aromatic nitrogens is 2. The van der Waals surface area contributed by atoms with Crippen LogP contribution in [0.25, 0.3) is 5.52 Å². The van der Waals surface area contributed by atoms with E-state index in [4.69, 9.17) is 0 Å². The second-order valence-electron chi connectivity index (χ2n) is 2.79. The van der Waals surface area contributed by atoms with E-state index in [9.17, 15) is 9.59 Å². The minimum absolute atomic E-state index is 0.140. The van der Waals surface area contributed by atoms with Crippen molar-refractivity contribution in [2.75, 3.05) is 7.11 Å². The minimum Gasteiger partial charge on any atom is -0.464 e. The Kier molecular flexibility index (Phi) is 1.85. The van der Waals surface area contributed by atoms with Crippen LogP contribution in [0.5, 0.6) is 0 Å². The van der Waals surface area contributed by atoms with Gasteiger partial charge < -0.3 is 14.1 Å². The van der Waals surface area contributed by atoms with E-state index in [-0.39, 0.29) is 11.3 Å². The highest BCUT2D eigenvalue weighted by atomic mass is 16.5. The van der Waals surface area contributed by atoms with Crippen LogP contribution in [0.2, 0.25) is 0 Å². The number of H-pyrrole nitrogens is 1. The molecule has 2 rings (SSSR count). The highest BCUT2D eigenvalue weighted by Gasteiger charge is 2.08. The topological polar surface area (TPSA) is 63.6 Å². The van der Waals surface area contributed by atoms with Gasteiger partial charge in [0.25, 0.3) is 5.56 Å². The summed E-state index contributed by atoms with van der Waals surface area (Å²) in [6, 6.07) is 3.39. The predicted molar refractivity (Wildman–Crippen MR) is 49.4 cm³/mol. The molecule has 14 heavy (non-hydrogen) atoms. The quantitative estimate of drug-likeness (QED) is 0.666. The Labute approximate surface area is 78.9 Å². The summed E-state index contributed by atoms with van der Waals surface area (Å²) in [4.78, 5) is 25.0. The maximum atomic E-state index is 11.4. The molecule has 1 N–H and O–H groups in total. The summed E-state index contributed by atoms with van der Waals surface area (Å²) < 4.78 is 6.07. The highest BCUT2D eigenvalue weighted by Crippen LogP contribution is 2.00. The fourth-order valence-corrected chi connectivity index (χ4v) is 1.27. The van der Waals surface area contributed by atoms with Crippen molar-refractivity contribution in [2.24, 2.45) is 0 Å². The van der Waals surface area contributed by atoms with Crippen LogP contribution in [0.1, 0.15) is 10.5 Å². The molecule has 2 aromatic rings. The molecule has 0 saturated heterocycles. The van der Waals surface area contributed by atoms with Gasteiger partial charge in [0.2, 0.25) is 0 Å². The lowest BCUT2D eigenvalue weighted by Crippen LogP contribution is -2.16. The molecule has 0 aliphatic heterocycles. The van der Waals surface area contributed by atoms with Gasteiger partial charge in [0.1, 0.15) is 11.2 Å². The van der Waals surface area contributed by atoms with Crippen LogP contribution >= 0.6 is 0 Å². The number of hydrogen-bond donors (Lipinski definition) is 1. The van der Waals surface area contributed by atoms with Gasteiger partial charge in [-0.3, -0.25) is 4.79 Å². The van der Waals surface area contributed by atoms with E-state index in [1.165, 1.54) is 13.3 Å². The van der Waals surface area contributed by atoms with Gasteiger partial charge in [0, 0.05) is 12.4 Å². The number of aromatic amines is 1. The molecular formula is C9H8N2O3. The number of fused-ring (bicyclic) bond motifs is 1. The van der Waals surface area contributed by atoms with E-state index in [1.54, 1.807) is 22.7 Å². The van der Waals surface area contributed by atoms with Gasteiger partial charge in [-0.25, -0.2) is 4.79 Å². The van der Waals surface area contributed by atoms with Gasteiger partial charge in [0.05, 0.1) is 7.11 Å². The van der Waals surface area contributed by atoms with E-state index < -0.39 is 5.97 Å². The van der Waals surface area contributed by atoms with Gasteiger partial charge >= 0.3 is 5.97 Å². The number of carbonyl (C=O) groups is 1. The molecule has 0 fully saturated rings. The second kappa shape index (κ2) is 3.02. The molecule has 2 aromatic heterocycles. The van der Waals surface area contributed by atoms with Crippen molar-refractivity contribution in [1.29, 1.82) is 0 Å². The fraction of sp³-hybridized carbons (Fsp3) is 0.111. The molecule has 0 aromatic carbocycles. The normalized spacial score (nSPS) is 10.4. The summed E-state index contributed by atoms with van der Waals surface area (Å²) >= 11 is 0. The first kappa shape index (κ1) is 8.55. The summed E-state index contributed by atoms with van der Waals surface area (Å²) in [7, 11) is 1.26. The largest absolute Gasteiger partial charge is 0.464 e. The van der Waals surface area contributed by atoms with E-state index in [0.29, 0.717) is 5.52 Å². The number of hydrogen-bond acceptors (Lipinski definition) is 3. The second-order valence-corrected chi connectivity index (χ2v) is 2.79. The Bertz CT molecular complexity index is 538. The molecule has 0 spiro atoms. The van der Waals surface area contributed by atoms with Crippen LogP contribution < -0.4 is 5.56 Å². The molecule has 0 radical (unpaired) electrons. The molecule has 0 aliphatic carbocycles. The van der Waals surface area contributed by atoms with Crippen molar-refractivity contribution in [3.05, 3.63) is 40.6 Å². The van der Waals surface area contributed by atoms with Crippen molar-refractivity contribution in [3.8, 4) is 0 Å². The van der Waals surface area contributed by atoms with Crippen molar-refractivity contribution in [2.45, 2.75) is 0 Å². The molecule has 0 amide bonds. The van der Waals surface area contributed by atoms with E-state index in [2.05, 4.69) is 9.72 Å². The molecule has 5 nitrogen and oxygen atoms in total. The van der Waals surface area contributed by atoms with Gasteiger partial charge in [-0.2, -0.15) is 0 Å². The lowest BCUT2D eigenvalue weighted by atomic mass is 10.4. The van der Waals surface area contributed by atoms with Crippen LogP contribution in [0.3, 0.4) is 0 Å². The van der Waals surface area contributed by atoms with E-state index in [1.807, 2.05) is 0 Å².